The number of hydrogen-bond acceptors (Lipinski definition) is 7. The third-order valence-corrected chi connectivity index (χ3v) is 7.23. The van der Waals surface area contributed by atoms with Crippen molar-refractivity contribution in [2.45, 2.75) is 36.0 Å². The first kappa shape index (κ1) is 18.7. The molecule has 0 amide bonds. The van der Waals surface area contributed by atoms with Crippen molar-refractivity contribution < 1.29 is 0 Å². The Balaban J connectivity index is 1.45. The fourth-order valence-corrected chi connectivity index (χ4v) is 5.63. The van der Waals surface area contributed by atoms with Crippen molar-refractivity contribution in [3.63, 3.8) is 0 Å². The summed E-state index contributed by atoms with van der Waals surface area (Å²) in [6, 6.07) is 13.0. The number of fused-ring (bicyclic) bond motifs is 1. The van der Waals surface area contributed by atoms with E-state index in [4.69, 9.17) is 0 Å². The summed E-state index contributed by atoms with van der Waals surface area (Å²) >= 11 is 3.22. The third-order valence-electron chi connectivity index (χ3n) is 5.38. The van der Waals surface area contributed by atoms with Crippen molar-refractivity contribution in [2.75, 3.05) is 0 Å². The van der Waals surface area contributed by atoms with Crippen molar-refractivity contribution in [1.82, 2.24) is 29.7 Å². The van der Waals surface area contributed by atoms with Gasteiger partial charge in [0.15, 0.2) is 11.0 Å². The maximum Gasteiger partial charge on any atom is 0.198 e. The van der Waals surface area contributed by atoms with Crippen LogP contribution in [-0.2, 0) is 0 Å². The molecule has 1 aliphatic rings. The first-order valence-corrected chi connectivity index (χ1v) is 11.8. The minimum absolute atomic E-state index is 0.434. The zero-order valence-corrected chi connectivity index (χ0v) is 18.4. The van der Waals surface area contributed by atoms with Crippen LogP contribution in [0.2, 0.25) is 0 Å². The molecule has 1 aliphatic carbocycles. The predicted octanol–water partition coefficient (Wildman–Crippen LogP) is 5.81. The first-order chi connectivity index (χ1) is 15.3. The van der Waals surface area contributed by atoms with Gasteiger partial charge in [0.25, 0.3) is 0 Å². The van der Waals surface area contributed by atoms with E-state index >= 15 is 0 Å². The van der Waals surface area contributed by atoms with E-state index in [9.17, 15) is 0 Å². The Hall–Kier alpha value is -3.10. The Morgan fingerprint density at radius 1 is 1.03 bits per heavy atom. The van der Waals surface area contributed by atoms with E-state index in [0.29, 0.717) is 6.04 Å². The van der Waals surface area contributed by atoms with Crippen LogP contribution >= 0.6 is 23.1 Å². The molecule has 0 unspecified atom stereocenters. The summed E-state index contributed by atoms with van der Waals surface area (Å²) in [6.07, 6.45) is 7.54. The fourth-order valence-electron chi connectivity index (χ4n) is 3.66. The highest BCUT2D eigenvalue weighted by Gasteiger charge is 2.31. The molecule has 1 fully saturated rings. The highest BCUT2D eigenvalue weighted by molar-refractivity contribution is 7.99. The maximum absolute atomic E-state index is 4.65. The predicted molar refractivity (Wildman–Crippen MR) is 123 cm³/mol. The maximum atomic E-state index is 4.65. The number of hydrogen-bond donors (Lipinski definition) is 0. The van der Waals surface area contributed by atoms with Crippen molar-refractivity contribution in [3.8, 4) is 22.5 Å². The molecule has 6 rings (SSSR count). The molecule has 0 spiro atoms. The molecule has 152 valence electrons. The van der Waals surface area contributed by atoms with E-state index in [1.165, 1.54) is 11.1 Å². The van der Waals surface area contributed by atoms with E-state index in [1.807, 2.05) is 18.3 Å². The van der Waals surface area contributed by atoms with E-state index in [0.717, 1.165) is 50.2 Å². The molecule has 8 heteroatoms. The minimum Gasteiger partial charge on any atom is -0.299 e. The molecule has 31 heavy (non-hydrogen) atoms. The number of aromatic nitrogens is 6. The fraction of sp³-hybridized carbons (Fsp3) is 0.174. The largest absolute Gasteiger partial charge is 0.299 e. The lowest BCUT2D eigenvalue weighted by atomic mass is 10.1. The Kier molecular flexibility index (Phi) is 4.54. The Bertz CT molecular complexity index is 1370. The number of thiophene rings is 1. The summed E-state index contributed by atoms with van der Waals surface area (Å²) in [5.74, 6) is 0.868. The summed E-state index contributed by atoms with van der Waals surface area (Å²) < 4.78 is 2.24. The monoisotopic (exact) mass is 442 g/mol. The van der Waals surface area contributed by atoms with Crippen molar-refractivity contribution in [2.24, 2.45) is 0 Å². The second kappa shape index (κ2) is 7.55. The zero-order chi connectivity index (χ0) is 20.8. The Morgan fingerprint density at radius 3 is 2.68 bits per heavy atom. The van der Waals surface area contributed by atoms with Gasteiger partial charge in [0.05, 0.1) is 5.39 Å². The molecule has 0 N–H and O–H groups in total. The van der Waals surface area contributed by atoms with Gasteiger partial charge in [-0.05, 0) is 49.2 Å². The van der Waals surface area contributed by atoms with Crippen LogP contribution in [0.3, 0.4) is 0 Å². The van der Waals surface area contributed by atoms with Gasteiger partial charge in [-0.15, -0.1) is 21.5 Å². The molecule has 4 aromatic heterocycles. The summed E-state index contributed by atoms with van der Waals surface area (Å²) in [5.41, 5.74) is 4.56. The van der Waals surface area contributed by atoms with Gasteiger partial charge in [-0.2, -0.15) is 0 Å². The van der Waals surface area contributed by atoms with Crippen LogP contribution < -0.4 is 0 Å². The van der Waals surface area contributed by atoms with Gasteiger partial charge in [-0.3, -0.25) is 9.55 Å². The molecule has 1 saturated carbocycles. The van der Waals surface area contributed by atoms with Gasteiger partial charge >= 0.3 is 0 Å². The lowest BCUT2D eigenvalue weighted by Crippen LogP contribution is -2.00. The number of benzene rings is 1. The topological polar surface area (TPSA) is 69.4 Å². The minimum atomic E-state index is 0.434. The molecule has 4 heterocycles. The van der Waals surface area contributed by atoms with Crippen molar-refractivity contribution in [3.05, 3.63) is 66.1 Å². The van der Waals surface area contributed by atoms with Gasteiger partial charge in [-0.25, -0.2) is 9.97 Å². The summed E-state index contributed by atoms with van der Waals surface area (Å²) in [4.78, 5) is 14.4. The van der Waals surface area contributed by atoms with Crippen LogP contribution in [0.4, 0.5) is 0 Å². The van der Waals surface area contributed by atoms with E-state index in [2.05, 4.69) is 66.3 Å². The number of aryl methyl sites for hydroxylation is 1. The summed E-state index contributed by atoms with van der Waals surface area (Å²) in [6.45, 7) is 2.10. The quantitative estimate of drug-likeness (QED) is 0.320. The molecule has 0 bridgehead atoms. The Labute approximate surface area is 187 Å². The molecule has 6 nitrogen and oxygen atoms in total. The molecular formula is C23H18N6S2. The second-order valence-electron chi connectivity index (χ2n) is 7.63. The average Bonchev–Trinajstić information content (AvgIpc) is 3.41. The van der Waals surface area contributed by atoms with Crippen LogP contribution in [0, 0.1) is 6.92 Å². The normalized spacial score (nSPS) is 13.7. The van der Waals surface area contributed by atoms with E-state index in [1.54, 1.807) is 35.6 Å². The number of nitrogens with zero attached hydrogens (tertiary/aromatic N) is 6. The van der Waals surface area contributed by atoms with Gasteiger partial charge in [0.2, 0.25) is 0 Å². The van der Waals surface area contributed by atoms with E-state index in [-0.39, 0.29) is 0 Å². The lowest BCUT2D eigenvalue weighted by molar-refractivity contribution is 0.669. The molecular weight excluding hydrogens is 424 g/mol. The molecule has 0 aliphatic heterocycles. The number of rotatable bonds is 5. The van der Waals surface area contributed by atoms with Crippen molar-refractivity contribution >= 4 is 33.3 Å². The lowest BCUT2D eigenvalue weighted by Gasteiger charge is -2.09. The van der Waals surface area contributed by atoms with E-state index < -0.39 is 0 Å². The first-order valence-electron chi connectivity index (χ1n) is 10.1. The van der Waals surface area contributed by atoms with Gasteiger partial charge < -0.3 is 0 Å². The van der Waals surface area contributed by atoms with Gasteiger partial charge in [-0.1, -0.05) is 29.8 Å². The highest BCUT2D eigenvalue weighted by atomic mass is 32.2. The molecule has 5 aromatic rings. The summed E-state index contributed by atoms with van der Waals surface area (Å²) in [7, 11) is 0. The van der Waals surface area contributed by atoms with Crippen LogP contribution in [-0.4, -0.2) is 29.7 Å². The van der Waals surface area contributed by atoms with Crippen LogP contribution in [0.1, 0.15) is 24.4 Å². The highest BCUT2D eigenvalue weighted by Crippen LogP contribution is 2.44. The van der Waals surface area contributed by atoms with Gasteiger partial charge in [0.1, 0.15) is 16.2 Å². The van der Waals surface area contributed by atoms with Crippen LogP contribution in [0.15, 0.2) is 70.7 Å². The zero-order valence-electron chi connectivity index (χ0n) is 16.8. The summed E-state index contributed by atoms with van der Waals surface area (Å²) in [5, 5.41) is 14.1. The molecule has 1 aromatic carbocycles. The Morgan fingerprint density at radius 2 is 1.90 bits per heavy atom. The van der Waals surface area contributed by atoms with Gasteiger partial charge in [0, 0.05) is 34.9 Å². The van der Waals surface area contributed by atoms with Crippen LogP contribution in [0.25, 0.3) is 32.7 Å². The second-order valence-corrected chi connectivity index (χ2v) is 9.44. The standard InChI is InChI=1S/C23H18N6S2/c1-14-4-6-15(7-5-14)18-12-30-21-19(18)22(26-13-25-21)31-23-28-27-20(29(23)17-8-9-17)16-3-2-10-24-11-16/h2-7,10-13,17H,8-9H2,1H3. The molecule has 0 radical (unpaired) electrons. The third kappa shape index (κ3) is 3.41. The molecule has 0 saturated heterocycles. The smallest absolute Gasteiger partial charge is 0.198 e. The number of pyridine rings is 1. The average molecular weight is 443 g/mol. The van der Waals surface area contributed by atoms with Crippen LogP contribution in [0.5, 0.6) is 0 Å². The molecule has 0 atom stereocenters. The van der Waals surface area contributed by atoms with Crippen molar-refractivity contribution in [1.29, 1.82) is 0 Å². The SMILES string of the molecule is Cc1ccc(-c2csc3ncnc(Sc4nnc(-c5cccnc5)n4C4CC4)c23)cc1.